The molecule has 0 aromatic heterocycles. The van der Waals surface area contributed by atoms with E-state index in [0.29, 0.717) is 0 Å². The van der Waals surface area contributed by atoms with E-state index in [1.165, 1.54) is 0 Å². The highest BCUT2D eigenvalue weighted by molar-refractivity contribution is 8.10. The fourth-order valence-corrected chi connectivity index (χ4v) is 4.61. The number of nitrogens with zero attached hydrogens (tertiary/aromatic N) is 2. The SMILES string of the molecule is CCOP(=S)(N1CC1)N1CC1. The van der Waals surface area contributed by atoms with Gasteiger partial charge in [-0.2, -0.15) is 0 Å². The highest BCUT2D eigenvalue weighted by Crippen LogP contribution is 2.61. The summed E-state index contributed by atoms with van der Waals surface area (Å²) < 4.78 is 10.2. The summed E-state index contributed by atoms with van der Waals surface area (Å²) in [5.74, 6) is 0. The first-order valence-corrected chi connectivity index (χ1v) is 6.65. The first kappa shape index (κ1) is 8.14. The molecule has 0 aromatic rings. The third kappa shape index (κ3) is 1.51. The summed E-state index contributed by atoms with van der Waals surface area (Å²) in [6.45, 7) is 5.72. The maximum absolute atomic E-state index is 5.66. The third-order valence-corrected chi connectivity index (χ3v) is 6.39. The molecule has 0 aliphatic carbocycles. The molecule has 2 saturated heterocycles. The Morgan fingerprint density at radius 3 is 2.00 bits per heavy atom. The van der Waals surface area contributed by atoms with Crippen molar-refractivity contribution in [3.8, 4) is 0 Å². The van der Waals surface area contributed by atoms with Gasteiger partial charge >= 0.3 is 0 Å². The Morgan fingerprint density at radius 2 is 1.73 bits per heavy atom. The van der Waals surface area contributed by atoms with Crippen molar-refractivity contribution in [2.24, 2.45) is 0 Å². The van der Waals surface area contributed by atoms with Crippen LogP contribution in [-0.4, -0.2) is 42.1 Å². The molecule has 0 atom stereocenters. The Bertz CT molecular complexity index is 187. The van der Waals surface area contributed by atoms with Gasteiger partial charge in [-0.3, -0.25) is 0 Å². The Balaban J connectivity index is 2.04. The molecule has 2 aliphatic heterocycles. The van der Waals surface area contributed by atoms with Gasteiger partial charge in [0.2, 0.25) is 6.57 Å². The van der Waals surface area contributed by atoms with Crippen molar-refractivity contribution in [3.63, 3.8) is 0 Å². The molecule has 11 heavy (non-hydrogen) atoms. The fourth-order valence-electron chi connectivity index (χ4n) is 1.11. The summed E-state index contributed by atoms with van der Waals surface area (Å²) in [7, 11) is 0. The highest BCUT2D eigenvalue weighted by Gasteiger charge is 2.44. The second-order valence-electron chi connectivity index (χ2n) is 2.82. The topological polar surface area (TPSA) is 15.2 Å². The van der Waals surface area contributed by atoms with Gasteiger partial charge in [0.1, 0.15) is 0 Å². The highest BCUT2D eigenvalue weighted by atomic mass is 32.5. The quantitative estimate of drug-likeness (QED) is 0.485. The van der Waals surface area contributed by atoms with E-state index < -0.39 is 6.57 Å². The van der Waals surface area contributed by atoms with Gasteiger partial charge in [-0.1, -0.05) is 0 Å². The summed E-state index contributed by atoms with van der Waals surface area (Å²) in [4.78, 5) is 0. The lowest BCUT2D eigenvalue weighted by Crippen LogP contribution is -2.06. The molecular formula is C6H13N2OPS. The van der Waals surface area contributed by atoms with Gasteiger partial charge in [0.05, 0.1) is 6.61 Å². The van der Waals surface area contributed by atoms with Gasteiger partial charge in [-0.05, 0) is 18.7 Å². The lowest BCUT2D eigenvalue weighted by molar-refractivity contribution is 0.341. The average Bonchev–Trinajstić information content (AvgIpc) is 2.84. The van der Waals surface area contributed by atoms with Gasteiger partial charge < -0.3 is 4.52 Å². The van der Waals surface area contributed by atoms with E-state index in [-0.39, 0.29) is 0 Å². The van der Waals surface area contributed by atoms with Crippen LogP contribution in [0.5, 0.6) is 0 Å². The molecular weight excluding hydrogens is 179 g/mol. The van der Waals surface area contributed by atoms with Crippen LogP contribution in [0.15, 0.2) is 0 Å². The van der Waals surface area contributed by atoms with Crippen LogP contribution in [0.1, 0.15) is 6.92 Å². The zero-order chi connectivity index (χ0) is 7.90. The molecule has 5 heteroatoms. The predicted molar refractivity (Wildman–Crippen MR) is 49.1 cm³/mol. The van der Waals surface area contributed by atoms with Gasteiger partial charge in [0, 0.05) is 26.2 Å². The van der Waals surface area contributed by atoms with E-state index in [2.05, 4.69) is 9.34 Å². The first-order chi connectivity index (χ1) is 5.27. The van der Waals surface area contributed by atoms with Crippen molar-refractivity contribution < 1.29 is 4.52 Å². The molecule has 0 amide bonds. The van der Waals surface area contributed by atoms with Crippen LogP contribution in [0, 0.1) is 0 Å². The van der Waals surface area contributed by atoms with E-state index in [1.54, 1.807) is 0 Å². The van der Waals surface area contributed by atoms with E-state index in [0.717, 1.165) is 32.8 Å². The Hall–Kier alpha value is 0.530. The molecule has 0 N–H and O–H groups in total. The summed E-state index contributed by atoms with van der Waals surface area (Å²) in [5.41, 5.74) is 0. The first-order valence-electron chi connectivity index (χ1n) is 4.03. The van der Waals surface area contributed by atoms with E-state index in [9.17, 15) is 0 Å². The largest absolute Gasteiger partial charge is 0.327 e. The van der Waals surface area contributed by atoms with E-state index >= 15 is 0 Å². The van der Waals surface area contributed by atoms with Crippen LogP contribution in [-0.2, 0) is 16.3 Å². The zero-order valence-corrected chi connectivity index (χ0v) is 8.40. The Kier molecular flexibility index (Phi) is 2.06. The van der Waals surface area contributed by atoms with Crippen molar-refractivity contribution in [2.75, 3.05) is 32.8 Å². The zero-order valence-electron chi connectivity index (χ0n) is 6.69. The van der Waals surface area contributed by atoms with Crippen LogP contribution in [0.25, 0.3) is 0 Å². The van der Waals surface area contributed by atoms with Crippen LogP contribution in [0.4, 0.5) is 0 Å². The minimum absolute atomic E-state index is 0.754. The summed E-state index contributed by atoms with van der Waals surface area (Å²) in [6.07, 6.45) is 0. The summed E-state index contributed by atoms with van der Waals surface area (Å²) >= 11 is 5.51. The summed E-state index contributed by atoms with van der Waals surface area (Å²) in [5, 5.41) is 0. The van der Waals surface area contributed by atoms with Gasteiger partial charge in [0.15, 0.2) is 0 Å². The lowest BCUT2D eigenvalue weighted by Gasteiger charge is -2.22. The molecule has 2 fully saturated rings. The third-order valence-electron chi connectivity index (χ3n) is 1.86. The predicted octanol–water partition coefficient (Wildman–Crippen LogP) is 0.879. The van der Waals surface area contributed by atoms with Gasteiger partial charge in [0.25, 0.3) is 0 Å². The van der Waals surface area contributed by atoms with Crippen molar-refractivity contribution in [1.82, 2.24) is 9.34 Å². The van der Waals surface area contributed by atoms with Crippen molar-refractivity contribution in [3.05, 3.63) is 0 Å². The van der Waals surface area contributed by atoms with Crippen LogP contribution in [0.3, 0.4) is 0 Å². The van der Waals surface area contributed by atoms with Crippen LogP contribution >= 0.6 is 6.57 Å². The molecule has 2 aliphatic rings. The molecule has 2 rings (SSSR count). The molecule has 64 valence electrons. The lowest BCUT2D eigenvalue weighted by atomic mass is 10.9. The maximum Gasteiger partial charge on any atom is 0.203 e. The Labute approximate surface area is 72.5 Å². The number of hydrogen-bond acceptors (Lipinski definition) is 2. The second kappa shape index (κ2) is 2.79. The fraction of sp³-hybridized carbons (Fsp3) is 1.00. The molecule has 0 spiro atoms. The van der Waals surface area contributed by atoms with Crippen molar-refractivity contribution >= 4 is 18.4 Å². The molecule has 0 bridgehead atoms. The molecule has 0 radical (unpaired) electrons. The molecule has 2 heterocycles. The smallest absolute Gasteiger partial charge is 0.203 e. The minimum atomic E-state index is -1.64. The van der Waals surface area contributed by atoms with Crippen molar-refractivity contribution in [2.45, 2.75) is 6.92 Å². The van der Waals surface area contributed by atoms with E-state index in [1.807, 2.05) is 6.92 Å². The molecule has 3 nitrogen and oxygen atoms in total. The minimum Gasteiger partial charge on any atom is -0.327 e. The monoisotopic (exact) mass is 192 g/mol. The standard InChI is InChI=1S/C6H13N2OPS/c1-2-9-10(11,7-3-4-7)8-5-6-8/h2-6H2,1H3. The van der Waals surface area contributed by atoms with Crippen molar-refractivity contribution in [1.29, 1.82) is 0 Å². The van der Waals surface area contributed by atoms with Gasteiger partial charge in [-0.15, -0.1) is 0 Å². The van der Waals surface area contributed by atoms with Crippen LogP contribution < -0.4 is 0 Å². The van der Waals surface area contributed by atoms with Gasteiger partial charge in [-0.25, -0.2) is 9.34 Å². The van der Waals surface area contributed by atoms with E-state index in [4.69, 9.17) is 16.3 Å². The molecule has 0 saturated carbocycles. The Morgan fingerprint density at radius 1 is 1.27 bits per heavy atom. The normalized spacial score (nSPS) is 25.5. The second-order valence-corrected chi connectivity index (χ2v) is 6.61. The number of rotatable bonds is 4. The number of hydrogen-bond donors (Lipinski definition) is 0. The molecule has 0 unspecified atom stereocenters. The maximum atomic E-state index is 5.66. The molecule has 0 aromatic carbocycles. The van der Waals surface area contributed by atoms with Crippen LogP contribution in [0.2, 0.25) is 0 Å². The average molecular weight is 192 g/mol. The summed E-state index contributed by atoms with van der Waals surface area (Å²) in [6, 6.07) is 0.